The van der Waals surface area contributed by atoms with Crippen molar-refractivity contribution in [3.05, 3.63) is 30.1 Å². The summed E-state index contributed by atoms with van der Waals surface area (Å²) >= 11 is 0. The van der Waals surface area contributed by atoms with Crippen LogP contribution >= 0.6 is 0 Å². The van der Waals surface area contributed by atoms with Gasteiger partial charge in [0, 0.05) is 6.92 Å². The quantitative estimate of drug-likeness (QED) is 0.443. The van der Waals surface area contributed by atoms with Gasteiger partial charge in [-0.1, -0.05) is 0 Å². The molecule has 10 nitrogen and oxygen atoms in total. The number of ether oxygens (including phenoxy) is 2. The number of carbonyl (C=O) groups excluding carboxylic acids is 1. The van der Waals surface area contributed by atoms with Crippen molar-refractivity contribution >= 4 is 16.3 Å². The Bertz CT molecular complexity index is 726. The van der Waals surface area contributed by atoms with Crippen LogP contribution in [0.25, 0.3) is 0 Å². The molecule has 5 atom stereocenters. The van der Waals surface area contributed by atoms with Crippen LogP contribution in [0.5, 0.6) is 5.75 Å². The molecule has 0 spiro atoms. The Labute approximate surface area is 148 Å². The van der Waals surface area contributed by atoms with E-state index in [9.17, 15) is 27.8 Å². The van der Waals surface area contributed by atoms with E-state index in [4.69, 9.17) is 14.0 Å². The summed E-state index contributed by atoms with van der Waals surface area (Å²) in [5.41, 5.74) is 0. The van der Waals surface area contributed by atoms with Crippen LogP contribution in [0.4, 0.5) is 4.39 Å². The van der Waals surface area contributed by atoms with Gasteiger partial charge in [-0.05, 0) is 24.3 Å². The Balaban J connectivity index is 2.28. The molecule has 1 aromatic carbocycles. The van der Waals surface area contributed by atoms with Gasteiger partial charge in [-0.2, -0.15) is 8.42 Å². The molecule has 12 heteroatoms. The van der Waals surface area contributed by atoms with Gasteiger partial charge >= 0.3 is 10.4 Å². The zero-order valence-electron chi connectivity index (χ0n) is 13.5. The van der Waals surface area contributed by atoms with Crippen molar-refractivity contribution in [3.8, 4) is 5.75 Å². The number of aliphatic hydroxyl groups excluding tert-OH is 2. The Morgan fingerprint density at radius 2 is 1.96 bits per heavy atom. The van der Waals surface area contributed by atoms with Gasteiger partial charge in [0.05, 0.1) is 6.61 Å². The minimum absolute atomic E-state index is 0.129. The highest BCUT2D eigenvalue weighted by atomic mass is 32.3. The molecule has 0 aromatic heterocycles. The van der Waals surface area contributed by atoms with Crippen LogP contribution in [0.15, 0.2) is 24.3 Å². The van der Waals surface area contributed by atoms with E-state index in [2.05, 4.69) is 9.50 Å². The first-order chi connectivity index (χ1) is 12.1. The minimum atomic E-state index is -4.98. The molecule has 0 aliphatic carbocycles. The molecule has 1 fully saturated rings. The number of hydrogen-bond donors (Lipinski definition) is 4. The van der Waals surface area contributed by atoms with Crippen molar-refractivity contribution in [3.63, 3.8) is 0 Å². The zero-order valence-corrected chi connectivity index (χ0v) is 14.3. The molecule has 146 valence electrons. The summed E-state index contributed by atoms with van der Waals surface area (Å²) in [5.74, 6) is -0.988. The summed E-state index contributed by atoms with van der Waals surface area (Å²) in [6.45, 7) is 0.353. The molecule has 1 aromatic rings. The third kappa shape index (κ3) is 5.33. The highest BCUT2D eigenvalue weighted by Crippen LogP contribution is 2.27. The topological polar surface area (TPSA) is 152 Å². The molecule has 0 saturated carbocycles. The first-order valence-electron chi connectivity index (χ1n) is 7.40. The molecular formula is C14H18FNO9S. The van der Waals surface area contributed by atoms with Gasteiger partial charge < -0.3 is 25.0 Å². The maximum atomic E-state index is 13.0. The van der Waals surface area contributed by atoms with Crippen LogP contribution in [0, 0.1) is 5.82 Å². The first kappa shape index (κ1) is 20.5. The Hall–Kier alpha value is -1.83. The van der Waals surface area contributed by atoms with Crippen LogP contribution < -0.4 is 10.1 Å². The van der Waals surface area contributed by atoms with Gasteiger partial charge in [0.1, 0.15) is 35.9 Å². The van der Waals surface area contributed by atoms with E-state index in [0.29, 0.717) is 0 Å². The second kappa shape index (κ2) is 8.24. The average Bonchev–Trinajstić information content (AvgIpc) is 2.54. The lowest BCUT2D eigenvalue weighted by atomic mass is 9.97. The van der Waals surface area contributed by atoms with E-state index < -0.39 is 59.4 Å². The van der Waals surface area contributed by atoms with E-state index in [1.165, 1.54) is 12.1 Å². The van der Waals surface area contributed by atoms with Gasteiger partial charge in [-0.3, -0.25) is 9.35 Å². The maximum Gasteiger partial charge on any atom is 0.397 e. The van der Waals surface area contributed by atoms with Crippen LogP contribution in [0.1, 0.15) is 6.92 Å². The summed E-state index contributed by atoms with van der Waals surface area (Å²) in [5, 5.41) is 22.1. The average molecular weight is 395 g/mol. The van der Waals surface area contributed by atoms with Gasteiger partial charge in [0.25, 0.3) is 0 Å². The molecule has 26 heavy (non-hydrogen) atoms. The predicted molar refractivity (Wildman–Crippen MR) is 82.8 cm³/mol. The van der Waals surface area contributed by atoms with Crippen molar-refractivity contribution in [2.75, 3.05) is 6.61 Å². The molecule has 0 radical (unpaired) electrons. The molecule has 4 N–H and O–H groups in total. The lowest BCUT2D eigenvalue weighted by Gasteiger charge is -2.43. The van der Waals surface area contributed by atoms with Crippen LogP contribution in [0.2, 0.25) is 0 Å². The number of amides is 1. The van der Waals surface area contributed by atoms with Crippen LogP contribution in [-0.2, 0) is 24.1 Å². The molecule has 0 unspecified atom stereocenters. The Kier molecular flexibility index (Phi) is 6.49. The monoisotopic (exact) mass is 395 g/mol. The van der Waals surface area contributed by atoms with Crippen molar-refractivity contribution in [2.45, 2.75) is 37.6 Å². The normalized spacial score (nSPS) is 29.2. The summed E-state index contributed by atoms with van der Waals surface area (Å²) in [7, 11) is -4.98. The smallest absolute Gasteiger partial charge is 0.397 e. The highest BCUT2D eigenvalue weighted by Gasteiger charge is 2.49. The minimum Gasteiger partial charge on any atom is -0.463 e. The fraction of sp³-hybridized carbons (Fsp3) is 0.500. The molecule has 1 heterocycles. The van der Waals surface area contributed by atoms with E-state index in [0.717, 1.165) is 19.1 Å². The SMILES string of the molecule is CC(=O)N[C@H]1[C@H](Oc2ccc(F)cc2)O[C@H](CO)[C@H](OS(=O)(=O)O)[C@@H]1O. The third-order valence-electron chi connectivity index (χ3n) is 3.52. The van der Waals surface area contributed by atoms with E-state index in [1.807, 2.05) is 0 Å². The van der Waals surface area contributed by atoms with Crippen molar-refractivity contribution in [1.82, 2.24) is 5.32 Å². The predicted octanol–water partition coefficient (Wildman–Crippen LogP) is -1.02. The summed E-state index contributed by atoms with van der Waals surface area (Å²) in [6.07, 6.45) is -6.20. The summed E-state index contributed by atoms with van der Waals surface area (Å²) < 4.78 is 59.0. The number of hydrogen-bond acceptors (Lipinski definition) is 8. The Morgan fingerprint density at radius 3 is 2.46 bits per heavy atom. The second-order valence-corrected chi connectivity index (χ2v) is 6.55. The second-order valence-electron chi connectivity index (χ2n) is 5.50. The fourth-order valence-corrected chi connectivity index (χ4v) is 2.98. The van der Waals surface area contributed by atoms with Gasteiger partial charge in [0.2, 0.25) is 12.2 Å². The standard InChI is InChI=1S/C14H18FNO9S/c1-7(18)16-11-12(19)13(25-26(20,21)22)10(6-17)24-14(11)23-9-4-2-8(15)3-5-9/h2-5,10-14,17,19H,6H2,1H3,(H,16,18)(H,20,21,22)/t10-,11-,12-,13+,14-/m1/s1. The lowest BCUT2D eigenvalue weighted by Crippen LogP contribution is -2.66. The van der Waals surface area contributed by atoms with Crippen molar-refractivity contribution in [1.29, 1.82) is 0 Å². The number of rotatable bonds is 6. The first-order valence-corrected chi connectivity index (χ1v) is 8.76. The van der Waals surface area contributed by atoms with Crippen molar-refractivity contribution in [2.24, 2.45) is 0 Å². The number of carbonyl (C=O) groups is 1. The molecule has 1 aliphatic heterocycles. The fourth-order valence-electron chi connectivity index (χ4n) is 2.46. The van der Waals surface area contributed by atoms with E-state index in [1.54, 1.807) is 0 Å². The number of benzene rings is 1. The lowest BCUT2D eigenvalue weighted by molar-refractivity contribution is -0.239. The molecule has 0 bridgehead atoms. The number of halogens is 1. The van der Waals surface area contributed by atoms with E-state index in [-0.39, 0.29) is 5.75 Å². The maximum absolute atomic E-state index is 13.0. The summed E-state index contributed by atoms with van der Waals surface area (Å²) in [6, 6.07) is 3.44. The van der Waals surface area contributed by atoms with Gasteiger partial charge in [-0.15, -0.1) is 0 Å². The molecule has 2 rings (SSSR count). The molecule has 1 amide bonds. The van der Waals surface area contributed by atoms with Crippen molar-refractivity contribution < 1.29 is 46.0 Å². The molecule has 1 saturated heterocycles. The van der Waals surface area contributed by atoms with Crippen LogP contribution in [-0.4, -0.2) is 66.3 Å². The number of aliphatic hydroxyl groups is 2. The van der Waals surface area contributed by atoms with Crippen LogP contribution in [0.3, 0.4) is 0 Å². The van der Waals surface area contributed by atoms with Gasteiger partial charge in [0.15, 0.2) is 0 Å². The van der Waals surface area contributed by atoms with Gasteiger partial charge in [-0.25, -0.2) is 8.57 Å². The Morgan fingerprint density at radius 1 is 1.35 bits per heavy atom. The van der Waals surface area contributed by atoms with E-state index >= 15 is 0 Å². The zero-order chi connectivity index (χ0) is 19.5. The largest absolute Gasteiger partial charge is 0.463 e. The summed E-state index contributed by atoms with van der Waals surface area (Å²) in [4.78, 5) is 11.4. The molecular weight excluding hydrogens is 377 g/mol. The molecule has 1 aliphatic rings. The third-order valence-corrected chi connectivity index (χ3v) is 3.99. The number of nitrogens with one attached hydrogen (secondary N) is 1. The highest BCUT2D eigenvalue weighted by molar-refractivity contribution is 7.80.